The zero-order chi connectivity index (χ0) is 16.4. The van der Waals surface area contributed by atoms with E-state index < -0.39 is 11.4 Å². The fourth-order valence-corrected chi connectivity index (χ4v) is 3.10. The first-order chi connectivity index (χ1) is 11.1. The molecule has 1 heterocycles. The zero-order valence-electron chi connectivity index (χ0n) is 13.3. The first-order valence-electron chi connectivity index (χ1n) is 7.58. The van der Waals surface area contributed by atoms with Crippen molar-refractivity contribution < 1.29 is 14.3 Å². The van der Waals surface area contributed by atoms with Crippen molar-refractivity contribution in [3.63, 3.8) is 0 Å². The molecule has 118 valence electrons. The van der Waals surface area contributed by atoms with Crippen LogP contribution < -0.4 is 4.90 Å². The van der Waals surface area contributed by atoms with Crippen LogP contribution in [-0.4, -0.2) is 19.0 Å². The number of hydrogen-bond donors (Lipinski definition) is 0. The van der Waals surface area contributed by atoms with Gasteiger partial charge in [0.1, 0.15) is 5.41 Å². The van der Waals surface area contributed by atoms with Crippen LogP contribution in [0.4, 0.5) is 5.69 Å². The van der Waals surface area contributed by atoms with E-state index in [1.807, 2.05) is 54.6 Å². The van der Waals surface area contributed by atoms with Gasteiger partial charge in [0.2, 0.25) is 5.91 Å². The van der Waals surface area contributed by atoms with Crippen molar-refractivity contribution in [2.75, 3.05) is 12.0 Å². The van der Waals surface area contributed by atoms with E-state index in [2.05, 4.69) is 0 Å². The number of carbonyl (C=O) groups excluding carboxylic acids is 2. The number of hydrogen-bond acceptors (Lipinski definition) is 3. The highest BCUT2D eigenvalue weighted by molar-refractivity contribution is 6.12. The lowest BCUT2D eigenvalue weighted by Crippen LogP contribution is -2.52. The third-order valence-corrected chi connectivity index (χ3v) is 4.36. The summed E-state index contributed by atoms with van der Waals surface area (Å²) < 4.78 is 4.89. The lowest BCUT2D eigenvalue weighted by atomic mass is 9.78. The smallest absolute Gasteiger partial charge is 0.321 e. The summed E-state index contributed by atoms with van der Waals surface area (Å²) in [6.07, 6.45) is 0.361. The molecule has 0 radical (unpaired) electrons. The highest BCUT2D eigenvalue weighted by Crippen LogP contribution is 2.39. The van der Waals surface area contributed by atoms with Gasteiger partial charge in [-0.05, 0) is 30.5 Å². The molecule has 0 saturated heterocycles. The van der Waals surface area contributed by atoms with Crippen molar-refractivity contribution in [2.24, 2.45) is 5.41 Å². The molecule has 1 unspecified atom stereocenters. The molecule has 0 fully saturated rings. The van der Waals surface area contributed by atoms with Crippen LogP contribution in [0.25, 0.3) is 0 Å². The summed E-state index contributed by atoms with van der Waals surface area (Å²) in [6, 6.07) is 17.5. The average Bonchev–Trinajstić information content (AvgIpc) is 2.59. The molecule has 0 aliphatic carbocycles. The van der Waals surface area contributed by atoms with Crippen LogP contribution in [0, 0.1) is 5.41 Å². The Morgan fingerprint density at radius 1 is 1.13 bits per heavy atom. The quantitative estimate of drug-likeness (QED) is 0.647. The topological polar surface area (TPSA) is 46.6 Å². The van der Waals surface area contributed by atoms with Crippen molar-refractivity contribution in [3.05, 3.63) is 65.7 Å². The van der Waals surface area contributed by atoms with Crippen LogP contribution in [0.3, 0.4) is 0 Å². The summed E-state index contributed by atoms with van der Waals surface area (Å²) >= 11 is 0. The maximum absolute atomic E-state index is 13.0. The molecule has 4 heteroatoms. The van der Waals surface area contributed by atoms with Gasteiger partial charge in [-0.1, -0.05) is 48.5 Å². The van der Waals surface area contributed by atoms with E-state index in [0.717, 1.165) is 16.8 Å². The Hall–Kier alpha value is -2.62. The molecule has 1 aliphatic heterocycles. The normalized spacial score (nSPS) is 20.1. The number of methoxy groups -OCH3 is 1. The highest BCUT2D eigenvalue weighted by Gasteiger charge is 2.49. The highest BCUT2D eigenvalue weighted by atomic mass is 16.5. The Morgan fingerprint density at radius 3 is 2.48 bits per heavy atom. The van der Waals surface area contributed by atoms with Crippen LogP contribution in [0.5, 0.6) is 0 Å². The number of fused-ring (bicyclic) bond motifs is 1. The van der Waals surface area contributed by atoms with Crippen molar-refractivity contribution in [1.82, 2.24) is 0 Å². The zero-order valence-corrected chi connectivity index (χ0v) is 13.3. The van der Waals surface area contributed by atoms with E-state index in [9.17, 15) is 9.59 Å². The van der Waals surface area contributed by atoms with Gasteiger partial charge in [0, 0.05) is 5.69 Å². The van der Waals surface area contributed by atoms with Crippen molar-refractivity contribution in [2.45, 2.75) is 19.9 Å². The molecule has 0 N–H and O–H groups in total. The Balaban J connectivity index is 2.05. The van der Waals surface area contributed by atoms with E-state index in [-0.39, 0.29) is 5.91 Å². The van der Waals surface area contributed by atoms with Gasteiger partial charge >= 0.3 is 5.97 Å². The molecule has 3 rings (SSSR count). The van der Waals surface area contributed by atoms with E-state index in [1.165, 1.54) is 7.11 Å². The van der Waals surface area contributed by atoms with E-state index in [4.69, 9.17) is 4.74 Å². The van der Waals surface area contributed by atoms with E-state index >= 15 is 0 Å². The van der Waals surface area contributed by atoms with Crippen LogP contribution in [0.2, 0.25) is 0 Å². The number of anilines is 1. The number of esters is 1. The van der Waals surface area contributed by atoms with Gasteiger partial charge < -0.3 is 9.64 Å². The molecule has 1 amide bonds. The maximum atomic E-state index is 13.0. The number of benzene rings is 2. The fraction of sp³-hybridized carbons (Fsp3) is 0.263. The third kappa shape index (κ3) is 2.61. The SMILES string of the molecule is COC(=O)C1(C)Cc2ccccc2N(Cc2ccccc2)C1=O. The molecule has 2 aromatic carbocycles. The molecular formula is C19H19NO3. The predicted octanol–water partition coefficient (Wildman–Crippen LogP) is 2.96. The summed E-state index contributed by atoms with van der Waals surface area (Å²) in [6.45, 7) is 2.10. The third-order valence-electron chi connectivity index (χ3n) is 4.36. The molecule has 23 heavy (non-hydrogen) atoms. The van der Waals surface area contributed by atoms with E-state index in [1.54, 1.807) is 11.8 Å². The molecule has 0 bridgehead atoms. The molecule has 0 saturated carbocycles. The molecule has 2 aromatic rings. The number of para-hydroxylation sites is 1. The number of rotatable bonds is 3. The van der Waals surface area contributed by atoms with Gasteiger partial charge in [-0.25, -0.2) is 0 Å². The Morgan fingerprint density at radius 2 is 1.78 bits per heavy atom. The van der Waals surface area contributed by atoms with Gasteiger partial charge in [-0.2, -0.15) is 0 Å². The minimum absolute atomic E-state index is 0.216. The lowest BCUT2D eigenvalue weighted by Gasteiger charge is -2.38. The first kappa shape index (κ1) is 15.3. The maximum Gasteiger partial charge on any atom is 0.321 e. The number of amides is 1. The number of nitrogens with zero attached hydrogens (tertiary/aromatic N) is 1. The van der Waals surface area contributed by atoms with Crippen LogP contribution in [0.1, 0.15) is 18.1 Å². The fourth-order valence-electron chi connectivity index (χ4n) is 3.10. The van der Waals surface area contributed by atoms with E-state index in [0.29, 0.717) is 13.0 Å². The van der Waals surface area contributed by atoms with Crippen LogP contribution >= 0.6 is 0 Å². The first-order valence-corrected chi connectivity index (χ1v) is 7.58. The average molecular weight is 309 g/mol. The summed E-state index contributed by atoms with van der Waals surface area (Å²) in [7, 11) is 1.32. The summed E-state index contributed by atoms with van der Waals surface area (Å²) in [5, 5.41) is 0. The summed E-state index contributed by atoms with van der Waals surface area (Å²) in [5.74, 6) is -0.707. The molecule has 0 spiro atoms. The second-order valence-corrected chi connectivity index (χ2v) is 6.01. The van der Waals surface area contributed by atoms with Gasteiger partial charge in [0.15, 0.2) is 0 Å². The lowest BCUT2D eigenvalue weighted by molar-refractivity contribution is -0.157. The van der Waals surface area contributed by atoms with Crippen molar-refractivity contribution >= 4 is 17.6 Å². The molecule has 1 atom stereocenters. The Labute approximate surface area is 135 Å². The van der Waals surface area contributed by atoms with Crippen LogP contribution in [0.15, 0.2) is 54.6 Å². The largest absolute Gasteiger partial charge is 0.468 e. The minimum Gasteiger partial charge on any atom is -0.468 e. The van der Waals surface area contributed by atoms with Crippen molar-refractivity contribution in [1.29, 1.82) is 0 Å². The van der Waals surface area contributed by atoms with Gasteiger partial charge in [-0.3, -0.25) is 9.59 Å². The Kier molecular flexibility index (Phi) is 3.90. The van der Waals surface area contributed by atoms with Gasteiger partial charge in [-0.15, -0.1) is 0 Å². The monoisotopic (exact) mass is 309 g/mol. The minimum atomic E-state index is -1.18. The predicted molar refractivity (Wildman–Crippen MR) is 87.9 cm³/mol. The second-order valence-electron chi connectivity index (χ2n) is 6.01. The standard InChI is InChI=1S/C19H19NO3/c1-19(18(22)23-2)12-15-10-6-7-11-16(15)20(17(19)21)13-14-8-4-3-5-9-14/h3-11H,12-13H2,1-2H3. The van der Waals surface area contributed by atoms with Crippen molar-refractivity contribution in [3.8, 4) is 0 Å². The van der Waals surface area contributed by atoms with Gasteiger partial charge in [0.25, 0.3) is 0 Å². The second kappa shape index (κ2) is 5.88. The molecule has 4 nitrogen and oxygen atoms in total. The molecule has 0 aromatic heterocycles. The number of ether oxygens (including phenoxy) is 1. The summed E-state index contributed by atoms with van der Waals surface area (Å²) in [5.41, 5.74) is 1.68. The number of carbonyl (C=O) groups is 2. The van der Waals surface area contributed by atoms with Crippen LogP contribution in [-0.2, 0) is 27.3 Å². The Bertz CT molecular complexity index is 741. The molecular weight excluding hydrogens is 290 g/mol. The molecule has 1 aliphatic rings. The van der Waals surface area contributed by atoms with Gasteiger partial charge in [0.05, 0.1) is 13.7 Å². The summed E-state index contributed by atoms with van der Waals surface area (Å²) in [4.78, 5) is 27.0.